The van der Waals surface area contributed by atoms with Crippen LogP contribution < -0.4 is 10.6 Å². The van der Waals surface area contributed by atoms with E-state index in [1.807, 2.05) is 4.90 Å². The maximum Gasteiger partial charge on any atom is 0.239 e. The van der Waals surface area contributed by atoms with E-state index < -0.39 is 0 Å². The van der Waals surface area contributed by atoms with Crippen molar-refractivity contribution in [1.29, 1.82) is 0 Å². The van der Waals surface area contributed by atoms with Crippen LogP contribution >= 0.6 is 0 Å². The Balaban J connectivity index is 1.76. The molecule has 1 aliphatic rings. The lowest BCUT2D eigenvalue weighted by molar-refractivity contribution is -0.130. The molecule has 0 saturated carbocycles. The molecule has 0 aliphatic carbocycles. The maximum absolute atomic E-state index is 12.8. The molecular weight excluding hydrogens is 297 g/mol. The minimum atomic E-state index is -0.306. The van der Waals surface area contributed by atoms with Crippen LogP contribution in [0.3, 0.4) is 0 Å². The van der Waals surface area contributed by atoms with Gasteiger partial charge in [0.2, 0.25) is 11.8 Å². The minimum Gasteiger partial charge on any atom is -0.376 e. The lowest BCUT2D eigenvalue weighted by atomic mass is 10.1. The zero-order valence-corrected chi connectivity index (χ0v) is 13.5. The highest BCUT2D eigenvalue weighted by atomic mass is 19.1. The van der Waals surface area contributed by atoms with Crippen molar-refractivity contribution >= 4 is 17.5 Å². The molecule has 1 fully saturated rings. The first kappa shape index (κ1) is 17.2. The van der Waals surface area contributed by atoms with Gasteiger partial charge >= 0.3 is 0 Å². The molecule has 1 aromatic rings. The molecule has 0 radical (unpaired) electrons. The molecule has 23 heavy (non-hydrogen) atoms. The quantitative estimate of drug-likeness (QED) is 0.844. The Labute approximate surface area is 136 Å². The lowest BCUT2D eigenvalue weighted by Crippen LogP contribution is -2.39. The summed E-state index contributed by atoms with van der Waals surface area (Å²) in [6.07, 6.45) is 2.90. The SMILES string of the molecule is CCCN1CCC(NC(=O)CNc2ccc(F)cc2)CCC1=O. The Bertz CT molecular complexity index is 533. The number of likely N-dealkylation sites (tertiary alicyclic amines) is 1. The number of hydrogen-bond acceptors (Lipinski definition) is 3. The van der Waals surface area contributed by atoms with Gasteiger partial charge in [-0.1, -0.05) is 6.92 Å². The first-order valence-electron chi connectivity index (χ1n) is 8.15. The van der Waals surface area contributed by atoms with Crippen molar-refractivity contribution in [2.45, 2.75) is 38.6 Å². The Morgan fingerprint density at radius 2 is 2.04 bits per heavy atom. The second-order valence-corrected chi connectivity index (χ2v) is 5.83. The number of rotatable bonds is 6. The smallest absolute Gasteiger partial charge is 0.239 e. The van der Waals surface area contributed by atoms with E-state index >= 15 is 0 Å². The fourth-order valence-corrected chi connectivity index (χ4v) is 2.72. The average molecular weight is 321 g/mol. The molecule has 126 valence electrons. The van der Waals surface area contributed by atoms with E-state index in [2.05, 4.69) is 17.6 Å². The van der Waals surface area contributed by atoms with E-state index in [0.29, 0.717) is 25.1 Å². The zero-order valence-electron chi connectivity index (χ0n) is 13.5. The molecule has 1 saturated heterocycles. The summed E-state index contributed by atoms with van der Waals surface area (Å²) in [5.41, 5.74) is 0.701. The van der Waals surface area contributed by atoms with Crippen LogP contribution in [0.5, 0.6) is 0 Å². The number of hydrogen-bond donors (Lipinski definition) is 2. The van der Waals surface area contributed by atoms with E-state index in [-0.39, 0.29) is 30.2 Å². The summed E-state index contributed by atoms with van der Waals surface area (Å²) >= 11 is 0. The van der Waals surface area contributed by atoms with Gasteiger partial charge in [0, 0.05) is 31.2 Å². The zero-order chi connectivity index (χ0) is 16.7. The monoisotopic (exact) mass is 321 g/mol. The summed E-state index contributed by atoms with van der Waals surface area (Å²) < 4.78 is 12.8. The average Bonchev–Trinajstić information content (AvgIpc) is 2.71. The first-order valence-corrected chi connectivity index (χ1v) is 8.15. The van der Waals surface area contributed by atoms with Crippen LogP contribution in [0.25, 0.3) is 0 Å². The Hall–Kier alpha value is -2.11. The van der Waals surface area contributed by atoms with E-state index in [4.69, 9.17) is 0 Å². The molecule has 2 rings (SSSR count). The second-order valence-electron chi connectivity index (χ2n) is 5.83. The molecule has 1 aromatic carbocycles. The number of halogens is 1. The molecule has 6 heteroatoms. The molecule has 0 spiro atoms. The van der Waals surface area contributed by atoms with Crippen LogP contribution in [-0.2, 0) is 9.59 Å². The van der Waals surface area contributed by atoms with Gasteiger partial charge in [-0.3, -0.25) is 9.59 Å². The number of benzene rings is 1. The van der Waals surface area contributed by atoms with Crippen molar-refractivity contribution in [2.75, 3.05) is 25.0 Å². The molecule has 1 atom stereocenters. The highest BCUT2D eigenvalue weighted by Crippen LogP contribution is 2.13. The number of carbonyl (C=O) groups is 2. The number of anilines is 1. The highest BCUT2D eigenvalue weighted by molar-refractivity contribution is 5.81. The summed E-state index contributed by atoms with van der Waals surface area (Å²) in [5.74, 6) is -0.247. The predicted molar refractivity (Wildman–Crippen MR) is 87.5 cm³/mol. The standard InChI is InChI=1S/C17H24FN3O2/c1-2-10-21-11-9-15(7-8-17(21)23)20-16(22)12-19-14-5-3-13(18)4-6-14/h3-6,15,19H,2,7-12H2,1H3,(H,20,22). The van der Waals surface area contributed by atoms with Gasteiger partial charge in [0.25, 0.3) is 0 Å². The first-order chi connectivity index (χ1) is 11.1. The fourth-order valence-electron chi connectivity index (χ4n) is 2.72. The molecule has 2 amide bonds. The molecule has 1 unspecified atom stereocenters. The van der Waals surface area contributed by atoms with E-state index in [9.17, 15) is 14.0 Å². The van der Waals surface area contributed by atoms with Gasteiger partial charge in [-0.15, -0.1) is 0 Å². The van der Waals surface area contributed by atoms with Crippen molar-refractivity contribution in [3.63, 3.8) is 0 Å². The van der Waals surface area contributed by atoms with Gasteiger partial charge in [0.05, 0.1) is 6.54 Å². The number of nitrogens with zero attached hydrogens (tertiary/aromatic N) is 1. The molecule has 0 bridgehead atoms. The Kier molecular flexibility index (Phi) is 6.38. The maximum atomic E-state index is 12.8. The largest absolute Gasteiger partial charge is 0.376 e. The third kappa shape index (κ3) is 5.54. The van der Waals surface area contributed by atoms with Crippen LogP contribution in [0.15, 0.2) is 24.3 Å². The van der Waals surface area contributed by atoms with Gasteiger partial charge in [-0.25, -0.2) is 4.39 Å². The minimum absolute atomic E-state index is 0.0309. The summed E-state index contributed by atoms with van der Waals surface area (Å²) in [6.45, 7) is 3.67. The van der Waals surface area contributed by atoms with Crippen LogP contribution in [0.4, 0.5) is 10.1 Å². The molecule has 5 nitrogen and oxygen atoms in total. The van der Waals surface area contributed by atoms with E-state index in [1.54, 1.807) is 12.1 Å². The molecule has 1 heterocycles. The van der Waals surface area contributed by atoms with E-state index in [1.165, 1.54) is 12.1 Å². The van der Waals surface area contributed by atoms with Crippen molar-refractivity contribution in [2.24, 2.45) is 0 Å². The summed E-state index contributed by atoms with van der Waals surface area (Å²) in [7, 11) is 0. The van der Waals surface area contributed by atoms with Crippen LogP contribution in [0.2, 0.25) is 0 Å². The van der Waals surface area contributed by atoms with Crippen LogP contribution in [0, 0.1) is 5.82 Å². The number of carbonyl (C=O) groups excluding carboxylic acids is 2. The van der Waals surface area contributed by atoms with Gasteiger partial charge in [0.1, 0.15) is 5.82 Å². The van der Waals surface area contributed by atoms with Crippen molar-refractivity contribution in [3.05, 3.63) is 30.1 Å². The van der Waals surface area contributed by atoms with E-state index in [0.717, 1.165) is 19.4 Å². The van der Waals surface area contributed by atoms with Crippen molar-refractivity contribution in [3.8, 4) is 0 Å². The topological polar surface area (TPSA) is 61.4 Å². The Morgan fingerprint density at radius 1 is 1.30 bits per heavy atom. The van der Waals surface area contributed by atoms with Gasteiger partial charge in [-0.2, -0.15) is 0 Å². The van der Waals surface area contributed by atoms with Crippen LogP contribution in [0.1, 0.15) is 32.6 Å². The summed E-state index contributed by atoms with van der Waals surface area (Å²) in [4.78, 5) is 25.8. The predicted octanol–water partition coefficient (Wildman–Crippen LogP) is 2.14. The second kappa shape index (κ2) is 8.50. The molecule has 2 N–H and O–H groups in total. The lowest BCUT2D eigenvalue weighted by Gasteiger charge is -2.20. The summed E-state index contributed by atoms with van der Waals surface area (Å²) in [5, 5.41) is 5.93. The summed E-state index contributed by atoms with van der Waals surface area (Å²) in [6, 6.07) is 5.91. The number of amides is 2. The third-order valence-corrected chi connectivity index (χ3v) is 3.96. The molecule has 1 aliphatic heterocycles. The Morgan fingerprint density at radius 3 is 2.74 bits per heavy atom. The fraction of sp³-hybridized carbons (Fsp3) is 0.529. The van der Waals surface area contributed by atoms with Gasteiger partial charge in [0.15, 0.2) is 0 Å². The van der Waals surface area contributed by atoms with Crippen LogP contribution in [-0.4, -0.2) is 42.4 Å². The highest BCUT2D eigenvalue weighted by Gasteiger charge is 2.22. The van der Waals surface area contributed by atoms with Crippen molar-refractivity contribution in [1.82, 2.24) is 10.2 Å². The third-order valence-electron chi connectivity index (χ3n) is 3.96. The van der Waals surface area contributed by atoms with Gasteiger partial charge < -0.3 is 15.5 Å². The van der Waals surface area contributed by atoms with Crippen molar-refractivity contribution < 1.29 is 14.0 Å². The number of nitrogens with one attached hydrogen (secondary N) is 2. The molecular formula is C17H24FN3O2. The normalized spacial score (nSPS) is 18.4. The molecule has 0 aromatic heterocycles. The van der Waals surface area contributed by atoms with Gasteiger partial charge in [-0.05, 0) is 43.5 Å².